The highest BCUT2D eigenvalue weighted by Gasteiger charge is 2.53. The molecule has 0 fully saturated rings. The van der Waals surface area contributed by atoms with E-state index >= 15 is 0 Å². The molecule has 2 atom stereocenters. The standard InChI is InChI=1S/C23H26F3N3O4/c1-22(2,3)33-21(31)28-18(15-7-5-9-16(13-15)32-4)17(23(24,25)26)20(30)29-12-10-14-8-6-11-27-19(14)29/h5-9,11,13,17-18H,10,12H2,1-4H3,(H,28,31)/t17-,18+/m0/s1. The Labute approximate surface area is 189 Å². The second-order valence-corrected chi connectivity index (χ2v) is 8.65. The number of fused-ring (bicyclic) bond motifs is 1. The number of hydrogen-bond donors (Lipinski definition) is 1. The van der Waals surface area contributed by atoms with Gasteiger partial charge in [0.15, 0.2) is 5.92 Å². The minimum absolute atomic E-state index is 0.0522. The van der Waals surface area contributed by atoms with Crippen molar-refractivity contribution in [1.29, 1.82) is 0 Å². The molecular weight excluding hydrogens is 439 g/mol. The molecule has 1 aromatic heterocycles. The molecule has 0 aliphatic carbocycles. The summed E-state index contributed by atoms with van der Waals surface area (Å²) < 4.78 is 53.6. The Morgan fingerprint density at radius 1 is 1.15 bits per heavy atom. The number of nitrogens with one attached hydrogen (secondary N) is 1. The van der Waals surface area contributed by atoms with Crippen LogP contribution >= 0.6 is 0 Å². The van der Waals surface area contributed by atoms with Gasteiger partial charge in [0.1, 0.15) is 17.2 Å². The Morgan fingerprint density at radius 2 is 1.88 bits per heavy atom. The molecule has 3 rings (SSSR count). The molecular formula is C23H26F3N3O4. The summed E-state index contributed by atoms with van der Waals surface area (Å²) in [7, 11) is 1.37. The number of halogens is 3. The number of pyridine rings is 1. The molecule has 178 valence electrons. The van der Waals surface area contributed by atoms with E-state index in [9.17, 15) is 22.8 Å². The van der Waals surface area contributed by atoms with E-state index in [1.54, 1.807) is 39.0 Å². The van der Waals surface area contributed by atoms with Crippen LogP contribution in [0.15, 0.2) is 42.6 Å². The van der Waals surface area contributed by atoms with Gasteiger partial charge in [0.05, 0.1) is 13.2 Å². The number of ether oxygens (including phenoxy) is 2. The maximum Gasteiger partial charge on any atom is 0.408 e. The number of aromatic nitrogens is 1. The molecule has 0 saturated heterocycles. The highest BCUT2D eigenvalue weighted by atomic mass is 19.4. The highest BCUT2D eigenvalue weighted by molar-refractivity contribution is 5.97. The zero-order chi connectivity index (χ0) is 24.4. The average Bonchev–Trinajstić information content (AvgIpc) is 3.15. The van der Waals surface area contributed by atoms with Crippen molar-refractivity contribution in [2.75, 3.05) is 18.6 Å². The third-order valence-corrected chi connectivity index (χ3v) is 5.07. The summed E-state index contributed by atoms with van der Waals surface area (Å²) in [5.41, 5.74) is -0.209. The lowest BCUT2D eigenvalue weighted by Crippen LogP contribution is -2.50. The Balaban J connectivity index is 2.04. The lowest BCUT2D eigenvalue weighted by molar-refractivity contribution is -0.187. The number of alkyl carbamates (subject to hydrolysis) is 1. The van der Waals surface area contributed by atoms with Crippen molar-refractivity contribution in [2.24, 2.45) is 5.92 Å². The number of nitrogens with zero attached hydrogens (tertiary/aromatic N) is 2. The largest absolute Gasteiger partial charge is 0.497 e. The number of anilines is 1. The SMILES string of the molecule is COc1cccc([C@@H](NC(=O)OC(C)(C)C)[C@@H](C(=O)N2CCc3cccnc32)C(F)(F)F)c1. The first-order valence-corrected chi connectivity index (χ1v) is 10.4. The lowest BCUT2D eigenvalue weighted by Gasteiger charge is -2.32. The topological polar surface area (TPSA) is 80.8 Å². The fourth-order valence-corrected chi connectivity index (χ4v) is 3.69. The first kappa shape index (κ1) is 24.3. The molecule has 33 heavy (non-hydrogen) atoms. The Morgan fingerprint density at radius 3 is 2.52 bits per heavy atom. The fourth-order valence-electron chi connectivity index (χ4n) is 3.69. The van der Waals surface area contributed by atoms with E-state index in [0.29, 0.717) is 12.0 Å². The highest BCUT2D eigenvalue weighted by Crippen LogP contribution is 2.40. The van der Waals surface area contributed by atoms with Gasteiger partial charge < -0.3 is 14.8 Å². The van der Waals surface area contributed by atoms with Crippen LogP contribution in [0, 0.1) is 5.92 Å². The molecule has 2 amide bonds. The molecule has 2 aromatic rings. The van der Waals surface area contributed by atoms with Crippen LogP contribution in [-0.4, -0.2) is 42.4 Å². The Bertz CT molecular complexity index is 1020. The minimum Gasteiger partial charge on any atom is -0.497 e. The number of amides is 2. The Kier molecular flexibility index (Phi) is 6.85. The third-order valence-electron chi connectivity index (χ3n) is 5.07. The van der Waals surface area contributed by atoms with E-state index in [4.69, 9.17) is 9.47 Å². The second-order valence-electron chi connectivity index (χ2n) is 8.65. The van der Waals surface area contributed by atoms with E-state index < -0.39 is 35.7 Å². The van der Waals surface area contributed by atoms with Crippen molar-refractivity contribution in [1.82, 2.24) is 10.3 Å². The van der Waals surface area contributed by atoms with Gasteiger partial charge in [-0.25, -0.2) is 9.78 Å². The molecule has 1 aliphatic heterocycles. The van der Waals surface area contributed by atoms with Crippen molar-refractivity contribution >= 4 is 17.8 Å². The zero-order valence-corrected chi connectivity index (χ0v) is 18.8. The van der Waals surface area contributed by atoms with Gasteiger partial charge in [-0.3, -0.25) is 9.69 Å². The number of carbonyl (C=O) groups excluding carboxylic acids is 2. The monoisotopic (exact) mass is 465 g/mol. The van der Waals surface area contributed by atoms with Crippen LogP contribution in [0.2, 0.25) is 0 Å². The predicted octanol–water partition coefficient (Wildman–Crippen LogP) is 4.42. The van der Waals surface area contributed by atoms with Crippen LogP contribution in [0.1, 0.15) is 37.9 Å². The summed E-state index contributed by atoms with van der Waals surface area (Å²) in [6.45, 7) is 4.83. The molecule has 0 unspecified atom stereocenters. The predicted molar refractivity (Wildman–Crippen MR) is 115 cm³/mol. The van der Waals surface area contributed by atoms with Gasteiger partial charge in [0, 0.05) is 12.7 Å². The van der Waals surface area contributed by atoms with Crippen molar-refractivity contribution in [3.05, 3.63) is 53.7 Å². The first-order valence-electron chi connectivity index (χ1n) is 10.4. The van der Waals surface area contributed by atoms with Gasteiger partial charge in [0.2, 0.25) is 5.91 Å². The summed E-state index contributed by atoms with van der Waals surface area (Å²) in [6.07, 6.45) is -4.23. The normalized spacial score (nSPS) is 15.4. The van der Waals surface area contributed by atoms with Crippen molar-refractivity contribution in [2.45, 2.75) is 45.0 Å². The second kappa shape index (κ2) is 9.29. The van der Waals surface area contributed by atoms with Crippen molar-refractivity contribution < 1.29 is 32.2 Å². The summed E-state index contributed by atoms with van der Waals surface area (Å²) in [6, 6.07) is 7.42. The van der Waals surface area contributed by atoms with Gasteiger partial charge in [-0.1, -0.05) is 18.2 Å². The molecule has 7 nitrogen and oxygen atoms in total. The van der Waals surface area contributed by atoms with Gasteiger partial charge in [-0.2, -0.15) is 13.2 Å². The maximum atomic E-state index is 14.4. The first-order chi connectivity index (χ1) is 15.4. The molecule has 0 radical (unpaired) electrons. The van der Waals surface area contributed by atoms with Gasteiger partial charge in [-0.05, 0) is 56.5 Å². The van der Waals surface area contributed by atoms with Crippen LogP contribution in [0.3, 0.4) is 0 Å². The van der Waals surface area contributed by atoms with Gasteiger partial charge in [-0.15, -0.1) is 0 Å². The van der Waals surface area contributed by atoms with E-state index in [1.807, 2.05) is 0 Å². The van der Waals surface area contributed by atoms with Crippen LogP contribution < -0.4 is 15.0 Å². The number of benzene rings is 1. The minimum atomic E-state index is -4.97. The van der Waals surface area contributed by atoms with E-state index in [2.05, 4.69) is 10.3 Å². The molecule has 0 bridgehead atoms. The lowest BCUT2D eigenvalue weighted by atomic mass is 9.90. The number of carbonyl (C=O) groups is 2. The number of hydrogen-bond acceptors (Lipinski definition) is 5. The Hall–Kier alpha value is -3.30. The van der Waals surface area contributed by atoms with Crippen LogP contribution in [0.5, 0.6) is 5.75 Å². The number of alkyl halides is 3. The van der Waals surface area contributed by atoms with Crippen molar-refractivity contribution in [3.63, 3.8) is 0 Å². The molecule has 0 spiro atoms. The molecule has 0 saturated carbocycles. The summed E-state index contributed by atoms with van der Waals surface area (Å²) in [5, 5.41) is 2.27. The van der Waals surface area contributed by atoms with Gasteiger partial charge in [0.25, 0.3) is 0 Å². The number of methoxy groups -OCH3 is 1. The van der Waals surface area contributed by atoms with Crippen LogP contribution in [0.4, 0.5) is 23.8 Å². The zero-order valence-electron chi connectivity index (χ0n) is 18.8. The van der Waals surface area contributed by atoms with Crippen molar-refractivity contribution in [3.8, 4) is 5.75 Å². The fraction of sp³-hybridized carbons (Fsp3) is 0.435. The summed E-state index contributed by atoms with van der Waals surface area (Å²) >= 11 is 0. The van der Waals surface area contributed by atoms with Gasteiger partial charge >= 0.3 is 12.3 Å². The van der Waals surface area contributed by atoms with Crippen LogP contribution in [-0.2, 0) is 16.0 Å². The quantitative estimate of drug-likeness (QED) is 0.707. The van der Waals surface area contributed by atoms with E-state index in [1.165, 1.54) is 31.5 Å². The maximum absolute atomic E-state index is 14.4. The molecule has 2 heterocycles. The third kappa shape index (κ3) is 5.74. The summed E-state index contributed by atoms with van der Waals surface area (Å²) in [5.74, 6) is -3.31. The molecule has 1 aliphatic rings. The number of rotatable bonds is 5. The molecule has 1 N–H and O–H groups in total. The van der Waals surface area contributed by atoms with E-state index in [-0.39, 0.29) is 23.7 Å². The molecule has 10 heteroatoms. The average molecular weight is 465 g/mol. The summed E-state index contributed by atoms with van der Waals surface area (Å²) in [4.78, 5) is 31.0. The van der Waals surface area contributed by atoms with Crippen LogP contribution in [0.25, 0.3) is 0 Å². The van der Waals surface area contributed by atoms with E-state index in [0.717, 1.165) is 4.90 Å². The smallest absolute Gasteiger partial charge is 0.408 e. The molecule has 1 aromatic carbocycles.